The van der Waals surface area contributed by atoms with Crippen LogP contribution in [0.4, 0.5) is 0 Å². The number of nitrogens with one attached hydrogen (secondary N) is 1. The second kappa shape index (κ2) is 2.46. The molecule has 0 aromatic rings. The lowest BCUT2D eigenvalue weighted by atomic mass is 9.68. The molecule has 2 rings (SSSR count). The van der Waals surface area contributed by atoms with Crippen molar-refractivity contribution in [1.29, 1.82) is 0 Å². The van der Waals surface area contributed by atoms with Crippen molar-refractivity contribution in [3.63, 3.8) is 0 Å². The fourth-order valence-electron chi connectivity index (χ4n) is 2.10. The average Bonchev–Trinajstić information content (AvgIpc) is 2.60. The molecular formula is C10H20N2. The minimum Gasteiger partial charge on any atom is -0.324 e. The second-order valence-corrected chi connectivity index (χ2v) is 5.51. The van der Waals surface area contributed by atoms with Gasteiger partial charge >= 0.3 is 0 Å². The third-order valence-corrected chi connectivity index (χ3v) is 3.23. The molecule has 70 valence electrons. The summed E-state index contributed by atoms with van der Waals surface area (Å²) in [5.41, 5.74) is 6.75. The molecule has 0 unspecified atom stereocenters. The number of hydrogen-bond acceptors (Lipinski definition) is 2. The van der Waals surface area contributed by atoms with Crippen LogP contribution in [0.3, 0.4) is 0 Å². The predicted molar refractivity (Wildman–Crippen MR) is 51.0 cm³/mol. The third kappa shape index (κ3) is 1.80. The highest BCUT2D eigenvalue weighted by Gasteiger charge is 2.41. The van der Waals surface area contributed by atoms with E-state index in [1.807, 2.05) is 0 Å². The van der Waals surface area contributed by atoms with Gasteiger partial charge in [-0.1, -0.05) is 13.8 Å². The number of nitrogens with two attached hydrogens (primary N) is 1. The second-order valence-electron chi connectivity index (χ2n) is 5.51. The monoisotopic (exact) mass is 168 g/mol. The van der Waals surface area contributed by atoms with Crippen molar-refractivity contribution in [2.75, 3.05) is 6.54 Å². The van der Waals surface area contributed by atoms with E-state index >= 15 is 0 Å². The Labute approximate surface area is 74.9 Å². The summed E-state index contributed by atoms with van der Waals surface area (Å²) in [6.07, 6.45) is 5.08. The van der Waals surface area contributed by atoms with Crippen molar-refractivity contribution in [2.45, 2.75) is 51.1 Å². The minimum absolute atomic E-state index is 0.180. The van der Waals surface area contributed by atoms with Crippen molar-refractivity contribution in [3.05, 3.63) is 0 Å². The van der Waals surface area contributed by atoms with Gasteiger partial charge in [0.2, 0.25) is 0 Å². The molecule has 0 aromatic heterocycles. The van der Waals surface area contributed by atoms with Crippen LogP contribution < -0.4 is 11.1 Å². The summed E-state index contributed by atoms with van der Waals surface area (Å²) in [6, 6.07) is 0.751. The molecule has 2 nitrogen and oxygen atoms in total. The maximum Gasteiger partial charge on any atom is 0.0282 e. The molecule has 2 aliphatic rings. The fraction of sp³-hybridized carbons (Fsp3) is 1.00. The van der Waals surface area contributed by atoms with E-state index in [1.165, 1.54) is 25.7 Å². The van der Waals surface area contributed by atoms with Crippen molar-refractivity contribution in [1.82, 2.24) is 5.32 Å². The highest BCUT2D eigenvalue weighted by molar-refractivity contribution is 5.02. The molecule has 2 fully saturated rings. The Bertz CT molecular complexity index is 174. The van der Waals surface area contributed by atoms with Crippen LogP contribution in [0, 0.1) is 5.41 Å². The third-order valence-electron chi connectivity index (χ3n) is 3.23. The van der Waals surface area contributed by atoms with Crippen LogP contribution in [0.1, 0.15) is 39.5 Å². The zero-order valence-electron chi connectivity index (χ0n) is 8.19. The Morgan fingerprint density at radius 3 is 2.33 bits per heavy atom. The van der Waals surface area contributed by atoms with Gasteiger partial charge in [0.15, 0.2) is 0 Å². The van der Waals surface area contributed by atoms with E-state index in [2.05, 4.69) is 19.2 Å². The summed E-state index contributed by atoms with van der Waals surface area (Å²) in [5, 5.41) is 3.55. The highest BCUT2D eigenvalue weighted by Crippen LogP contribution is 2.40. The summed E-state index contributed by atoms with van der Waals surface area (Å²) in [7, 11) is 0. The van der Waals surface area contributed by atoms with E-state index < -0.39 is 0 Å². The first-order valence-electron chi connectivity index (χ1n) is 5.02. The summed E-state index contributed by atoms with van der Waals surface area (Å²) in [6.45, 7) is 5.70. The molecule has 0 atom stereocenters. The Hall–Kier alpha value is -0.0800. The molecule has 2 saturated carbocycles. The first-order valence-corrected chi connectivity index (χ1v) is 5.02. The molecule has 12 heavy (non-hydrogen) atoms. The lowest BCUT2D eigenvalue weighted by molar-refractivity contribution is 0.124. The maximum atomic E-state index is 5.98. The van der Waals surface area contributed by atoms with Crippen LogP contribution in [0.2, 0.25) is 0 Å². The number of hydrogen-bond donors (Lipinski definition) is 2. The molecule has 0 spiro atoms. The van der Waals surface area contributed by atoms with Gasteiger partial charge in [-0.3, -0.25) is 0 Å². The maximum absolute atomic E-state index is 5.98. The number of rotatable bonds is 3. The lowest BCUT2D eigenvalue weighted by Crippen LogP contribution is -2.50. The Morgan fingerprint density at radius 1 is 1.33 bits per heavy atom. The molecule has 0 radical (unpaired) electrons. The molecule has 2 heteroatoms. The van der Waals surface area contributed by atoms with E-state index in [9.17, 15) is 0 Å². The Balaban J connectivity index is 1.64. The average molecular weight is 168 g/mol. The van der Waals surface area contributed by atoms with Gasteiger partial charge < -0.3 is 11.1 Å². The van der Waals surface area contributed by atoms with Crippen LogP contribution in [0.5, 0.6) is 0 Å². The van der Waals surface area contributed by atoms with E-state index in [4.69, 9.17) is 5.73 Å². The van der Waals surface area contributed by atoms with Crippen LogP contribution in [-0.4, -0.2) is 18.1 Å². The van der Waals surface area contributed by atoms with Gasteiger partial charge in [0.1, 0.15) is 0 Å². The summed E-state index contributed by atoms with van der Waals surface area (Å²) in [5.74, 6) is 0. The van der Waals surface area contributed by atoms with Gasteiger partial charge in [-0.15, -0.1) is 0 Å². The zero-order chi connectivity index (χ0) is 8.82. The topological polar surface area (TPSA) is 38.0 Å². The summed E-state index contributed by atoms with van der Waals surface area (Å²) >= 11 is 0. The molecular weight excluding hydrogens is 148 g/mol. The van der Waals surface area contributed by atoms with Gasteiger partial charge in [-0.2, -0.15) is 0 Å². The van der Waals surface area contributed by atoms with E-state index in [1.54, 1.807) is 0 Å². The first kappa shape index (κ1) is 8.52. The van der Waals surface area contributed by atoms with Crippen LogP contribution in [0.25, 0.3) is 0 Å². The van der Waals surface area contributed by atoms with Gasteiger partial charge in [0, 0.05) is 18.1 Å². The quantitative estimate of drug-likeness (QED) is 0.665. The Kier molecular flexibility index (Phi) is 1.74. The minimum atomic E-state index is 0.180. The van der Waals surface area contributed by atoms with Crippen molar-refractivity contribution < 1.29 is 0 Å². The van der Waals surface area contributed by atoms with E-state index in [-0.39, 0.29) is 5.54 Å². The van der Waals surface area contributed by atoms with Gasteiger partial charge in [0.05, 0.1) is 0 Å². The van der Waals surface area contributed by atoms with Crippen LogP contribution in [-0.2, 0) is 0 Å². The Morgan fingerprint density at radius 2 is 1.92 bits per heavy atom. The predicted octanol–water partition coefficient (Wildman–Crippen LogP) is 1.26. The molecule has 0 amide bonds. The lowest BCUT2D eigenvalue weighted by Gasteiger charge is -2.43. The molecule has 2 aliphatic carbocycles. The van der Waals surface area contributed by atoms with Crippen molar-refractivity contribution >= 4 is 0 Å². The smallest absolute Gasteiger partial charge is 0.0282 e. The molecule has 0 bridgehead atoms. The molecule has 0 aromatic carbocycles. The van der Waals surface area contributed by atoms with E-state index in [0.717, 1.165) is 12.6 Å². The molecule has 0 heterocycles. The van der Waals surface area contributed by atoms with Gasteiger partial charge in [0.25, 0.3) is 0 Å². The molecule has 0 aliphatic heterocycles. The zero-order valence-corrected chi connectivity index (χ0v) is 8.19. The van der Waals surface area contributed by atoms with Crippen molar-refractivity contribution in [3.8, 4) is 0 Å². The SMILES string of the molecule is CC1(C)CC(NCC2(N)CC2)C1. The first-order chi connectivity index (χ1) is 5.49. The van der Waals surface area contributed by atoms with Gasteiger partial charge in [-0.05, 0) is 31.1 Å². The van der Waals surface area contributed by atoms with Crippen LogP contribution >= 0.6 is 0 Å². The normalized spacial score (nSPS) is 31.2. The van der Waals surface area contributed by atoms with Crippen LogP contribution in [0.15, 0.2) is 0 Å². The standard InChI is InChI=1S/C10H20N2/c1-9(2)5-8(6-9)12-7-10(11)3-4-10/h8,12H,3-7,11H2,1-2H3. The summed E-state index contributed by atoms with van der Waals surface area (Å²) in [4.78, 5) is 0. The van der Waals surface area contributed by atoms with Gasteiger partial charge in [-0.25, -0.2) is 0 Å². The summed E-state index contributed by atoms with van der Waals surface area (Å²) < 4.78 is 0. The molecule has 0 saturated heterocycles. The highest BCUT2D eigenvalue weighted by atomic mass is 15.0. The van der Waals surface area contributed by atoms with Crippen molar-refractivity contribution in [2.24, 2.45) is 11.1 Å². The largest absolute Gasteiger partial charge is 0.324 e. The van der Waals surface area contributed by atoms with E-state index in [0.29, 0.717) is 5.41 Å². The fourth-order valence-corrected chi connectivity index (χ4v) is 2.10. The molecule has 3 N–H and O–H groups in total.